The molecule has 0 atom stereocenters. The zero-order valence-corrected chi connectivity index (χ0v) is 16.2. The fourth-order valence-electron chi connectivity index (χ4n) is 2.60. The molecule has 0 saturated carbocycles. The number of methoxy groups -OCH3 is 1. The van der Waals surface area contributed by atoms with Crippen LogP contribution < -0.4 is 10.1 Å². The van der Waals surface area contributed by atoms with Crippen molar-refractivity contribution in [2.24, 2.45) is 0 Å². The van der Waals surface area contributed by atoms with E-state index in [1.54, 1.807) is 43.5 Å². The van der Waals surface area contributed by atoms with Crippen LogP contribution in [0.2, 0.25) is 0 Å². The molecule has 6 nitrogen and oxygen atoms in total. The second-order valence-electron chi connectivity index (χ2n) is 6.39. The Bertz CT molecular complexity index is 797. The number of esters is 1. The van der Waals surface area contributed by atoms with Crippen LogP contribution in [0.25, 0.3) is 0 Å². The standard InChI is InChI=1S/C22H25NO5/c1-16(24)23-13-3-4-17-5-9-19(10-6-17)21(25)15-28-22(26)14-18-7-11-20(27-2)12-8-18/h5-12H,3-4,13-15H2,1-2H3,(H,23,24). The SMILES string of the molecule is COc1ccc(CC(=O)OCC(=O)c2ccc(CCCNC(C)=O)cc2)cc1. The summed E-state index contributed by atoms with van der Waals surface area (Å²) in [5.41, 5.74) is 2.38. The van der Waals surface area contributed by atoms with Crippen LogP contribution in [0.1, 0.15) is 34.8 Å². The van der Waals surface area contributed by atoms with Crippen LogP contribution in [0.4, 0.5) is 0 Å². The van der Waals surface area contributed by atoms with E-state index in [4.69, 9.17) is 9.47 Å². The lowest BCUT2D eigenvalue weighted by Gasteiger charge is -2.07. The molecule has 6 heteroatoms. The minimum Gasteiger partial charge on any atom is -0.497 e. The number of carbonyl (C=O) groups excluding carboxylic acids is 3. The maximum absolute atomic E-state index is 12.2. The first-order chi connectivity index (χ1) is 13.5. The molecule has 0 fully saturated rings. The van der Waals surface area contributed by atoms with Gasteiger partial charge in [-0.2, -0.15) is 0 Å². The molecule has 28 heavy (non-hydrogen) atoms. The minimum absolute atomic E-state index is 0.0394. The van der Waals surface area contributed by atoms with E-state index in [9.17, 15) is 14.4 Å². The Balaban J connectivity index is 1.75. The van der Waals surface area contributed by atoms with Gasteiger partial charge < -0.3 is 14.8 Å². The Hall–Kier alpha value is -3.15. The molecule has 0 aliphatic heterocycles. The quantitative estimate of drug-likeness (QED) is 0.388. The third kappa shape index (κ3) is 7.23. The van der Waals surface area contributed by atoms with Crippen LogP contribution in [0, 0.1) is 0 Å². The van der Waals surface area contributed by atoms with Crippen LogP contribution >= 0.6 is 0 Å². The van der Waals surface area contributed by atoms with Crippen LogP contribution in [0.3, 0.4) is 0 Å². The largest absolute Gasteiger partial charge is 0.497 e. The van der Waals surface area contributed by atoms with Crippen molar-refractivity contribution in [1.29, 1.82) is 0 Å². The van der Waals surface area contributed by atoms with Crippen molar-refractivity contribution in [2.75, 3.05) is 20.3 Å². The molecule has 0 heterocycles. The number of nitrogens with one attached hydrogen (secondary N) is 1. The van der Waals surface area contributed by atoms with Gasteiger partial charge >= 0.3 is 5.97 Å². The molecule has 0 saturated heterocycles. The van der Waals surface area contributed by atoms with E-state index < -0.39 is 5.97 Å². The highest BCUT2D eigenvalue weighted by Gasteiger charge is 2.11. The van der Waals surface area contributed by atoms with Gasteiger partial charge in [0.05, 0.1) is 13.5 Å². The molecule has 2 aromatic carbocycles. The number of Topliss-reactive ketones (excluding diaryl/α,β-unsaturated/α-hetero) is 1. The summed E-state index contributed by atoms with van der Waals surface area (Å²) in [6, 6.07) is 14.3. The van der Waals surface area contributed by atoms with Crippen molar-refractivity contribution in [1.82, 2.24) is 5.32 Å². The van der Waals surface area contributed by atoms with Gasteiger partial charge in [0.2, 0.25) is 5.91 Å². The van der Waals surface area contributed by atoms with Gasteiger partial charge in [-0.3, -0.25) is 14.4 Å². The van der Waals surface area contributed by atoms with Gasteiger partial charge in [0.15, 0.2) is 12.4 Å². The molecular weight excluding hydrogens is 358 g/mol. The molecule has 0 aliphatic rings. The maximum Gasteiger partial charge on any atom is 0.310 e. The number of rotatable bonds is 10. The smallest absolute Gasteiger partial charge is 0.310 e. The number of ketones is 1. The topological polar surface area (TPSA) is 81.7 Å². The summed E-state index contributed by atoms with van der Waals surface area (Å²) in [6.07, 6.45) is 1.74. The molecule has 0 unspecified atom stereocenters. The predicted molar refractivity (Wildman–Crippen MR) is 105 cm³/mol. The number of ether oxygens (including phenoxy) is 2. The molecule has 0 aliphatic carbocycles. The number of carbonyl (C=O) groups is 3. The van der Waals surface area contributed by atoms with Gasteiger partial charge in [0.1, 0.15) is 5.75 Å². The van der Waals surface area contributed by atoms with Crippen LogP contribution in [0.15, 0.2) is 48.5 Å². The van der Waals surface area contributed by atoms with Gasteiger partial charge in [0.25, 0.3) is 0 Å². The van der Waals surface area contributed by atoms with Crippen molar-refractivity contribution in [3.63, 3.8) is 0 Å². The lowest BCUT2D eigenvalue weighted by atomic mass is 10.1. The number of amides is 1. The van der Waals surface area contributed by atoms with Crippen molar-refractivity contribution in [2.45, 2.75) is 26.2 Å². The first kappa shape index (κ1) is 21.2. The predicted octanol–water partition coefficient (Wildman–Crippen LogP) is 2.73. The van der Waals surface area contributed by atoms with Gasteiger partial charge in [0, 0.05) is 19.0 Å². The van der Waals surface area contributed by atoms with Crippen LogP contribution in [-0.4, -0.2) is 37.9 Å². The van der Waals surface area contributed by atoms with Crippen LogP contribution in [-0.2, 0) is 27.2 Å². The molecule has 0 spiro atoms. The first-order valence-electron chi connectivity index (χ1n) is 9.13. The maximum atomic E-state index is 12.2. The molecule has 0 aromatic heterocycles. The van der Waals surface area contributed by atoms with E-state index >= 15 is 0 Å². The fraction of sp³-hybridized carbons (Fsp3) is 0.318. The van der Waals surface area contributed by atoms with Gasteiger partial charge in [-0.15, -0.1) is 0 Å². The zero-order valence-electron chi connectivity index (χ0n) is 16.2. The molecule has 0 radical (unpaired) electrons. The highest BCUT2D eigenvalue weighted by Crippen LogP contribution is 2.12. The highest BCUT2D eigenvalue weighted by atomic mass is 16.5. The molecule has 2 aromatic rings. The molecule has 0 bridgehead atoms. The van der Waals surface area contributed by atoms with Crippen molar-refractivity contribution >= 4 is 17.7 Å². The van der Waals surface area contributed by atoms with Gasteiger partial charge in [-0.25, -0.2) is 0 Å². The Morgan fingerprint density at radius 2 is 1.57 bits per heavy atom. The molecular formula is C22H25NO5. The number of benzene rings is 2. The van der Waals surface area contributed by atoms with Crippen molar-refractivity contribution in [3.05, 3.63) is 65.2 Å². The second kappa shape index (κ2) is 10.9. The fourth-order valence-corrected chi connectivity index (χ4v) is 2.60. The number of aryl methyl sites for hydroxylation is 1. The molecule has 148 valence electrons. The Morgan fingerprint density at radius 1 is 0.929 bits per heavy atom. The van der Waals surface area contributed by atoms with E-state index in [0.29, 0.717) is 17.9 Å². The van der Waals surface area contributed by atoms with Gasteiger partial charge in [-0.05, 0) is 36.1 Å². The molecule has 2 rings (SSSR count). The normalized spacial score (nSPS) is 10.2. The minimum atomic E-state index is -0.451. The Morgan fingerprint density at radius 3 is 2.18 bits per heavy atom. The van der Waals surface area contributed by atoms with E-state index in [2.05, 4.69) is 5.32 Å². The molecule has 1 amide bonds. The highest BCUT2D eigenvalue weighted by molar-refractivity contribution is 5.98. The third-order valence-corrected chi connectivity index (χ3v) is 4.16. The lowest BCUT2D eigenvalue weighted by Crippen LogP contribution is -2.21. The van der Waals surface area contributed by atoms with E-state index in [1.165, 1.54) is 6.92 Å². The number of hydrogen-bond acceptors (Lipinski definition) is 5. The van der Waals surface area contributed by atoms with E-state index in [0.717, 1.165) is 24.0 Å². The molecule has 1 N–H and O–H groups in total. The second-order valence-corrected chi connectivity index (χ2v) is 6.39. The first-order valence-corrected chi connectivity index (χ1v) is 9.13. The summed E-state index contributed by atoms with van der Waals surface area (Å²) >= 11 is 0. The average Bonchev–Trinajstić information content (AvgIpc) is 2.70. The Kier molecular flexibility index (Phi) is 8.21. The monoisotopic (exact) mass is 383 g/mol. The third-order valence-electron chi connectivity index (χ3n) is 4.16. The van der Waals surface area contributed by atoms with Crippen molar-refractivity contribution in [3.8, 4) is 5.75 Å². The van der Waals surface area contributed by atoms with Crippen LogP contribution in [0.5, 0.6) is 5.75 Å². The lowest BCUT2D eigenvalue weighted by molar-refractivity contribution is -0.141. The van der Waals surface area contributed by atoms with E-state index in [-0.39, 0.29) is 24.7 Å². The summed E-state index contributed by atoms with van der Waals surface area (Å²) < 4.78 is 10.2. The van der Waals surface area contributed by atoms with Crippen molar-refractivity contribution < 1.29 is 23.9 Å². The summed E-state index contributed by atoms with van der Waals surface area (Å²) in [5, 5.41) is 2.75. The summed E-state index contributed by atoms with van der Waals surface area (Å²) in [4.78, 5) is 34.9. The van der Waals surface area contributed by atoms with E-state index in [1.807, 2.05) is 12.1 Å². The summed E-state index contributed by atoms with van der Waals surface area (Å²) in [7, 11) is 1.58. The average molecular weight is 383 g/mol. The Labute approximate surface area is 164 Å². The van der Waals surface area contributed by atoms with Gasteiger partial charge in [-0.1, -0.05) is 36.4 Å². The number of hydrogen-bond donors (Lipinski definition) is 1. The summed E-state index contributed by atoms with van der Waals surface area (Å²) in [5.74, 6) is -0.0191. The zero-order chi connectivity index (χ0) is 20.4. The summed E-state index contributed by atoms with van der Waals surface area (Å²) in [6.45, 7) is 1.83.